The maximum Gasteiger partial charge on any atom is 0.0873 e. The largest absolute Gasteiger partial charge is 0.240 e. The van der Waals surface area contributed by atoms with Crippen molar-refractivity contribution in [3.63, 3.8) is 0 Å². The smallest absolute Gasteiger partial charge is 0.0873 e. The van der Waals surface area contributed by atoms with Gasteiger partial charge in [-0.1, -0.05) is 47.0 Å². The lowest BCUT2D eigenvalue weighted by atomic mass is 9.67. The third-order valence-electron chi connectivity index (χ3n) is 3.59. The molecule has 2 nitrogen and oxygen atoms in total. The average Bonchev–Trinajstić information content (AvgIpc) is 2.07. The Kier molecular flexibility index (Phi) is 4.81. The van der Waals surface area contributed by atoms with E-state index in [1.54, 1.807) is 7.11 Å². The van der Waals surface area contributed by atoms with Gasteiger partial charge in [0.15, 0.2) is 0 Å². The molecule has 0 atom stereocenters. The van der Waals surface area contributed by atoms with Crippen molar-refractivity contribution < 1.29 is 9.78 Å². The van der Waals surface area contributed by atoms with Crippen LogP contribution in [0.5, 0.6) is 0 Å². The second-order valence-electron chi connectivity index (χ2n) is 6.94. The maximum absolute atomic E-state index is 5.09. The minimum atomic E-state index is 0.198. The van der Waals surface area contributed by atoms with Crippen molar-refractivity contribution in [2.24, 2.45) is 16.7 Å². The van der Waals surface area contributed by atoms with Crippen LogP contribution in [0.25, 0.3) is 0 Å². The van der Waals surface area contributed by atoms with Crippen molar-refractivity contribution >= 4 is 0 Å². The molecular formula is C14H28O2. The molecule has 0 saturated heterocycles. The molecule has 0 N–H and O–H groups in total. The van der Waals surface area contributed by atoms with Crippen LogP contribution in [0.4, 0.5) is 0 Å². The van der Waals surface area contributed by atoms with E-state index in [9.17, 15) is 0 Å². The number of hydrogen-bond acceptors (Lipinski definition) is 2. The van der Waals surface area contributed by atoms with Crippen LogP contribution in [0.2, 0.25) is 0 Å². The highest BCUT2D eigenvalue weighted by atomic mass is 17.2. The summed E-state index contributed by atoms with van der Waals surface area (Å²) in [6.45, 7) is 9.97. The van der Waals surface area contributed by atoms with E-state index in [2.05, 4.69) is 27.7 Å². The molecule has 1 fully saturated rings. The summed E-state index contributed by atoms with van der Waals surface area (Å²) >= 11 is 0. The third-order valence-corrected chi connectivity index (χ3v) is 3.59. The van der Waals surface area contributed by atoms with Crippen LogP contribution in [-0.2, 0) is 9.78 Å². The van der Waals surface area contributed by atoms with Gasteiger partial charge in [-0.2, -0.15) is 0 Å². The van der Waals surface area contributed by atoms with Crippen molar-refractivity contribution in [3.8, 4) is 0 Å². The van der Waals surface area contributed by atoms with Crippen LogP contribution in [-0.4, -0.2) is 13.7 Å². The highest BCUT2D eigenvalue weighted by Gasteiger charge is 2.33. The standard InChI is InChI=1S/C14H28O2/c1-13(2,9-12-7-6-8-12)10-14(3,4)11-16-15-5/h12H,6-11H2,1-5H3. The molecule has 0 aromatic carbocycles. The van der Waals surface area contributed by atoms with Crippen LogP contribution in [0, 0.1) is 16.7 Å². The molecule has 1 aliphatic carbocycles. The maximum atomic E-state index is 5.09. The van der Waals surface area contributed by atoms with Gasteiger partial charge in [0, 0.05) is 0 Å². The van der Waals surface area contributed by atoms with Gasteiger partial charge in [0.25, 0.3) is 0 Å². The molecule has 1 aliphatic rings. The highest BCUT2D eigenvalue weighted by molar-refractivity contribution is 4.83. The average molecular weight is 228 g/mol. The topological polar surface area (TPSA) is 18.5 Å². The first-order valence-corrected chi connectivity index (χ1v) is 6.50. The van der Waals surface area contributed by atoms with Gasteiger partial charge in [-0.25, -0.2) is 9.78 Å². The predicted molar refractivity (Wildman–Crippen MR) is 67.1 cm³/mol. The van der Waals surface area contributed by atoms with E-state index in [-0.39, 0.29) is 5.41 Å². The zero-order valence-electron chi connectivity index (χ0n) is 11.6. The van der Waals surface area contributed by atoms with E-state index in [1.165, 1.54) is 32.1 Å². The van der Waals surface area contributed by atoms with E-state index < -0.39 is 0 Å². The van der Waals surface area contributed by atoms with Crippen molar-refractivity contribution in [2.75, 3.05) is 13.7 Å². The van der Waals surface area contributed by atoms with Gasteiger partial charge in [-0.3, -0.25) is 0 Å². The molecule has 0 aromatic rings. The fourth-order valence-electron chi connectivity index (χ4n) is 3.12. The summed E-state index contributed by atoms with van der Waals surface area (Å²) in [5.41, 5.74) is 0.620. The van der Waals surface area contributed by atoms with Crippen LogP contribution in [0.15, 0.2) is 0 Å². The minimum absolute atomic E-state index is 0.198. The second kappa shape index (κ2) is 5.50. The third kappa shape index (κ3) is 4.84. The molecule has 0 aromatic heterocycles. The first-order valence-electron chi connectivity index (χ1n) is 6.50. The Morgan fingerprint density at radius 2 is 1.69 bits per heavy atom. The summed E-state index contributed by atoms with van der Waals surface area (Å²) in [6, 6.07) is 0. The van der Waals surface area contributed by atoms with Crippen LogP contribution >= 0.6 is 0 Å². The van der Waals surface area contributed by atoms with Gasteiger partial charge in [-0.05, 0) is 29.6 Å². The molecule has 1 saturated carbocycles. The molecule has 0 heterocycles. The summed E-state index contributed by atoms with van der Waals surface area (Å²) in [7, 11) is 1.58. The normalized spacial score (nSPS) is 18.6. The van der Waals surface area contributed by atoms with E-state index in [1.807, 2.05) is 0 Å². The zero-order valence-corrected chi connectivity index (χ0v) is 11.6. The molecule has 0 spiro atoms. The van der Waals surface area contributed by atoms with Gasteiger partial charge < -0.3 is 0 Å². The summed E-state index contributed by atoms with van der Waals surface area (Å²) in [5, 5.41) is 0. The Hall–Kier alpha value is -0.0800. The zero-order chi connectivity index (χ0) is 12.2. The lowest BCUT2D eigenvalue weighted by Gasteiger charge is -2.39. The van der Waals surface area contributed by atoms with E-state index in [0.717, 1.165) is 5.92 Å². The van der Waals surface area contributed by atoms with Crippen LogP contribution in [0.3, 0.4) is 0 Å². The van der Waals surface area contributed by atoms with Crippen LogP contribution in [0.1, 0.15) is 59.8 Å². The van der Waals surface area contributed by atoms with Gasteiger partial charge in [0.05, 0.1) is 13.7 Å². The van der Waals surface area contributed by atoms with Gasteiger partial charge in [0.2, 0.25) is 0 Å². The fraction of sp³-hybridized carbons (Fsp3) is 1.00. The molecule has 0 radical (unpaired) electrons. The Bertz CT molecular complexity index is 205. The molecule has 0 amide bonds. The molecule has 2 heteroatoms. The van der Waals surface area contributed by atoms with Crippen molar-refractivity contribution in [1.82, 2.24) is 0 Å². The van der Waals surface area contributed by atoms with Gasteiger partial charge in [0.1, 0.15) is 0 Å². The Labute approximate surface area is 101 Å². The van der Waals surface area contributed by atoms with Crippen molar-refractivity contribution in [2.45, 2.75) is 59.8 Å². The van der Waals surface area contributed by atoms with Crippen LogP contribution < -0.4 is 0 Å². The monoisotopic (exact) mass is 228 g/mol. The van der Waals surface area contributed by atoms with Gasteiger partial charge in [-0.15, -0.1) is 0 Å². The fourth-order valence-corrected chi connectivity index (χ4v) is 3.12. The Balaban J connectivity index is 2.36. The summed E-state index contributed by atoms with van der Waals surface area (Å²) in [6.07, 6.45) is 6.89. The van der Waals surface area contributed by atoms with Crippen molar-refractivity contribution in [1.29, 1.82) is 0 Å². The second-order valence-corrected chi connectivity index (χ2v) is 6.94. The van der Waals surface area contributed by atoms with E-state index >= 15 is 0 Å². The molecule has 0 aliphatic heterocycles. The lowest BCUT2D eigenvalue weighted by molar-refractivity contribution is -0.289. The van der Waals surface area contributed by atoms with E-state index in [0.29, 0.717) is 12.0 Å². The summed E-state index contributed by atoms with van der Waals surface area (Å²) in [4.78, 5) is 9.80. The molecular weight excluding hydrogens is 200 g/mol. The molecule has 16 heavy (non-hydrogen) atoms. The van der Waals surface area contributed by atoms with Gasteiger partial charge >= 0.3 is 0 Å². The number of hydrogen-bond donors (Lipinski definition) is 0. The number of rotatable bonds is 7. The molecule has 0 bridgehead atoms. The highest BCUT2D eigenvalue weighted by Crippen LogP contribution is 2.43. The minimum Gasteiger partial charge on any atom is -0.240 e. The quantitative estimate of drug-likeness (QED) is 0.480. The predicted octanol–water partition coefficient (Wildman–Crippen LogP) is 4.20. The first kappa shape index (κ1) is 14.0. The Morgan fingerprint density at radius 1 is 1.06 bits per heavy atom. The first-order chi connectivity index (χ1) is 7.35. The molecule has 96 valence electrons. The molecule has 0 unspecified atom stereocenters. The SMILES string of the molecule is COOCC(C)(C)CC(C)(C)CC1CCC1. The molecule has 1 rings (SSSR count). The summed E-state index contributed by atoms with van der Waals surface area (Å²) < 4.78 is 0. The van der Waals surface area contributed by atoms with E-state index in [4.69, 9.17) is 9.78 Å². The van der Waals surface area contributed by atoms with Crippen molar-refractivity contribution in [3.05, 3.63) is 0 Å². The lowest BCUT2D eigenvalue weighted by Crippen LogP contribution is -2.30. The summed E-state index contributed by atoms with van der Waals surface area (Å²) in [5.74, 6) is 0.981. The Morgan fingerprint density at radius 3 is 2.12 bits per heavy atom.